The second kappa shape index (κ2) is 5.20. The van der Waals surface area contributed by atoms with Crippen molar-refractivity contribution in [2.75, 3.05) is 5.32 Å². The van der Waals surface area contributed by atoms with Crippen molar-refractivity contribution in [1.29, 1.82) is 0 Å². The molecule has 2 N–H and O–H groups in total. The highest BCUT2D eigenvalue weighted by Gasteiger charge is 2.23. The van der Waals surface area contributed by atoms with Crippen molar-refractivity contribution in [2.24, 2.45) is 0 Å². The first-order valence-corrected chi connectivity index (χ1v) is 6.95. The van der Waals surface area contributed by atoms with Gasteiger partial charge < -0.3 is 10.4 Å². The molecule has 6 nitrogen and oxygen atoms in total. The summed E-state index contributed by atoms with van der Waals surface area (Å²) in [5.41, 5.74) is 1.06. The lowest BCUT2D eigenvalue weighted by Crippen LogP contribution is -2.36. The van der Waals surface area contributed by atoms with E-state index in [1.165, 1.54) is 13.1 Å². The second-order valence-corrected chi connectivity index (χ2v) is 5.30. The Bertz CT molecular complexity index is 637. The molecule has 6 heteroatoms. The van der Waals surface area contributed by atoms with E-state index in [9.17, 15) is 9.90 Å². The molecule has 0 saturated heterocycles. The molecule has 0 amide bonds. The molecular weight excluding hydrogens is 256 g/mol. The summed E-state index contributed by atoms with van der Waals surface area (Å²) in [5.74, 6) is 0.619. The third kappa shape index (κ3) is 2.38. The number of ketones is 1. The lowest BCUT2D eigenvalue weighted by Gasteiger charge is -2.28. The maximum atomic E-state index is 11.5. The second-order valence-electron chi connectivity index (χ2n) is 5.30. The fraction of sp³-hybridized carbons (Fsp3) is 0.500. The molecule has 106 valence electrons. The maximum absolute atomic E-state index is 11.5. The lowest BCUT2D eigenvalue weighted by atomic mass is 9.93. The van der Waals surface area contributed by atoms with Gasteiger partial charge in [0.05, 0.1) is 23.9 Å². The first-order valence-electron chi connectivity index (χ1n) is 6.95. The molecule has 1 aliphatic rings. The number of nitrogens with zero attached hydrogens (tertiary/aromatic N) is 3. The topological polar surface area (TPSA) is 79.5 Å². The molecule has 1 saturated carbocycles. The van der Waals surface area contributed by atoms with Crippen molar-refractivity contribution < 1.29 is 9.90 Å². The SMILES string of the molecule is CC(=O)c1cnn2ccc(N[C@H]3CCCC[C@H]3O)nc12. The highest BCUT2D eigenvalue weighted by atomic mass is 16.3. The van der Waals surface area contributed by atoms with Gasteiger partial charge in [-0.3, -0.25) is 4.79 Å². The number of nitrogens with one attached hydrogen (secondary N) is 1. The lowest BCUT2D eigenvalue weighted by molar-refractivity contribution is 0.101. The van der Waals surface area contributed by atoms with Gasteiger partial charge in [0, 0.05) is 6.20 Å². The monoisotopic (exact) mass is 274 g/mol. The van der Waals surface area contributed by atoms with Crippen LogP contribution in [0, 0.1) is 0 Å². The molecule has 3 rings (SSSR count). The minimum atomic E-state index is -0.334. The van der Waals surface area contributed by atoms with Gasteiger partial charge in [-0.15, -0.1) is 0 Å². The number of aliphatic hydroxyl groups is 1. The summed E-state index contributed by atoms with van der Waals surface area (Å²) in [6.07, 6.45) is 6.92. The van der Waals surface area contributed by atoms with Gasteiger partial charge in [-0.25, -0.2) is 9.50 Å². The quantitative estimate of drug-likeness (QED) is 0.832. The van der Waals surface area contributed by atoms with Crippen molar-refractivity contribution in [3.05, 3.63) is 24.0 Å². The van der Waals surface area contributed by atoms with Gasteiger partial charge in [0.25, 0.3) is 0 Å². The number of hydrogen-bond acceptors (Lipinski definition) is 5. The van der Waals surface area contributed by atoms with Crippen molar-refractivity contribution >= 4 is 17.2 Å². The minimum absolute atomic E-state index is 0.0300. The Morgan fingerprint density at radius 2 is 2.25 bits per heavy atom. The van der Waals surface area contributed by atoms with E-state index in [4.69, 9.17) is 0 Å². The average Bonchev–Trinajstić information content (AvgIpc) is 2.84. The summed E-state index contributed by atoms with van der Waals surface area (Å²) >= 11 is 0. The van der Waals surface area contributed by atoms with Crippen molar-refractivity contribution in [3.63, 3.8) is 0 Å². The number of fused-ring (bicyclic) bond motifs is 1. The van der Waals surface area contributed by atoms with E-state index in [0.717, 1.165) is 25.7 Å². The molecule has 0 aromatic carbocycles. The minimum Gasteiger partial charge on any atom is -0.391 e. The zero-order chi connectivity index (χ0) is 14.1. The van der Waals surface area contributed by atoms with E-state index < -0.39 is 0 Å². The molecule has 0 radical (unpaired) electrons. The van der Waals surface area contributed by atoms with Crippen LogP contribution < -0.4 is 5.32 Å². The van der Waals surface area contributed by atoms with Crippen molar-refractivity contribution in [3.8, 4) is 0 Å². The van der Waals surface area contributed by atoms with E-state index in [-0.39, 0.29) is 17.9 Å². The smallest absolute Gasteiger partial charge is 0.168 e. The standard InChI is InChI=1S/C14H18N4O2/c1-9(19)10-8-15-18-7-6-13(17-14(10)18)16-11-4-2-3-5-12(11)20/h6-8,11-12,20H,2-5H2,1H3,(H,16,17)/t11-,12+/m0/s1. The molecule has 2 heterocycles. The van der Waals surface area contributed by atoms with Gasteiger partial charge in [-0.2, -0.15) is 5.10 Å². The Morgan fingerprint density at radius 1 is 1.45 bits per heavy atom. The zero-order valence-corrected chi connectivity index (χ0v) is 11.4. The summed E-state index contributed by atoms with van der Waals surface area (Å²) < 4.78 is 1.58. The first kappa shape index (κ1) is 13.1. The zero-order valence-electron chi connectivity index (χ0n) is 11.4. The molecule has 0 spiro atoms. The average molecular weight is 274 g/mol. The van der Waals surface area contributed by atoms with E-state index in [1.807, 2.05) is 6.07 Å². The first-order chi connectivity index (χ1) is 9.65. The van der Waals surface area contributed by atoms with Gasteiger partial charge in [-0.1, -0.05) is 12.8 Å². The van der Waals surface area contributed by atoms with Crippen LogP contribution >= 0.6 is 0 Å². The number of anilines is 1. The molecule has 2 atom stereocenters. The van der Waals surface area contributed by atoms with Crippen LogP contribution in [-0.2, 0) is 0 Å². The molecule has 1 aliphatic carbocycles. The van der Waals surface area contributed by atoms with Crippen LogP contribution in [-0.4, -0.2) is 37.6 Å². The molecule has 0 aliphatic heterocycles. The van der Waals surface area contributed by atoms with Gasteiger partial charge >= 0.3 is 0 Å². The van der Waals surface area contributed by atoms with Crippen molar-refractivity contribution in [1.82, 2.24) is 14.6 Å². The molecule has 2 aromatic rings. The normalized spacial score (nSPS) is 22.9. The fourth-order valence-electron chi connectivity index (χ4n) is 2.67. The Labute approximate surface area is 116 Å². The Kier molecular flexibility index (Phi) is 3.40. The summed E-state index contributed by atoms with van der Waals surface area (Å²) in [6, 6.07) is 1.84. The summed E-state index contributed by atoms with van der Waals surface area (Å²) in [7, 11) is 0. The summed E-state index contributed by atoms with van der Waals surface area (Å²) in [6.45, 7) is 1.50. The van der Waals surface area contributed by atoms with Crippen LogP contribution in [0.2, 0.25) is 0 Å². The van der Waals surface area contributed by atoms with Crippen LogP contribution in [0.15, 0.2) is 18.5 Å². The number of aliphatic hydroxyl groups excluding tert-OH is 1. The van der Waals surface area contributed by atoms with Crippen LogP contribution in [0.1, 0.15) is 43.0 Å². The molecule has 0 bridgehead atoms. The highest BCUT2D eigenvalue weighted by Crippen LogP contribution is 2.22. The predicted molar refractivity (Wildman–Crippen MR) is 74.9 cm³/mol. The number of hydrogen-bond donors (Lipinski definition) is 2. The van der Waals surface area contributed by atoms with E-state index in [0.29, 0.717) is 17.0 Å². The molecular formula is C14H18N4O2. The third-order valence-electron chi connectivity index (χ3n) is 3.81. The Balaban J connectivity index is 1.88. The molecule has 1 fully saturated rings. The van der Waals surface area contributed by atoms with E-state index >= 15 is 0 Å². The van der Waals surface area contributed by atoms with Gasteiger partial charge in [0.15, 0.2) is 11.4 Å². The van der Waals surface area contributed by atoms with E-state index in [1.54, 1.807) is 10.7 Å². The molecule has 0 unspecified atom stereocenters. The van der Waals surface area contributed by atoms with Crippen LogP contribution in [0.5, 0.6) is 0 Å². The molecule has 2 aromatic heterocycles. The van der Waals surface area contributed by atoms with E-state index in [2.05, 4.69) is 15.4 Å². The van der Waals surface area contributed by atoms with Gasteiger partial charge in [0.2, 0.25) is 0 Å². The summed E-state index contributed by atoms with van der Waals surface area (Å²) in [4.78, 5) is 16.0. The Hall–Kier alpha value is -1.95. The largest absolute Gasteiger partial charge is 0.391 e. The molecule has 20 heavy (non-hydrogen) atoms. The van der Waals surface area contributed by atoms with Crippen LogP contribution in [0.3, 0.4) is 0 Å². The number of carbonyl (C=O) groups is 1. The summed E-state index contributed by atoms with van der Waals surface area (Å²) in [5, 5.41) is 17.3. The Morgan fingerprint density at radius 3 is 3.00 bits per heavy atom. The highest BCUT2D eigenvalue weighted by molar-refractivity contribution is 5.99. The maximum Gasteiger partial charge on any atom is 0.168 e. The van der Waals surface area contributed by atoms with Gasteiger partial charge in [-0.05, 0) is 25.8 Å². The number of Topliss-reactive ketones (excluding diaryl/α,β-unsaturated/α-hetero) is 1. The number of rotatable bonds is 3. The van der Waals surface area contributed by atoms with Gasteiger partial charge in [0.1, 0.15) is 5.82 Å². The number of aromatic nitrogens is 3. The van der Waals surface area contributed by atoms with Crippen LogP contribution in [0.4, 0.5) is 5.82 Å². The van der Waals surface area contributed by atoms with Crippen LogP contribution in [0.25, 0.3) is 5.65 Å². The fourth-order valence-corrected chi connectivity index (χ4v) is 2.67. The third-order valence-corrected chi connectivity index (χ3v) is 3.81. The van der Waals surface area contributed by atoms with Crippen molar-refractivity contribution in [2.45, 2.75) is 44.8 Å². The number of carbonyl (C=O) groups excluding carboxylic acids is 1. The predicted octanol–water partition coefficient (Wildman–Crippen LogP) is 1.65.